The second-order valence-corrected chi connectivity index (χ2v) is 4.60. The fourth-order valence-electron chi connectivity index (χ4n) is 2.26. The van der Waals surface area contributed by atoms with E-state index in [-0.39, 0.29) is 6.04 Å². The SMILES string of the molecule is Cc1ccccc1C(CCc1ccccc1)NN. The number of nitrogens with one attached hydrogen (secondary N) is 1. The molecule has 0 aromatic heterocycles. The van der Waals surface area contributed by atoms with Crippen molar-refractivity contribution in [1.82, 2.24) is 5.43 Å². The molecular formula is C16H20N2. The van der Waals surface area contributed by atoms with Gasteiger partial charge in [-0.05, 0) is 36.5 Å². The summed E-state index contributed by atoms with van der Waals surface area (Å²) in [4.78, 5) is 0. The highest BCUT2D eigenvalue weighted by molar-refractivity contribution is 5.29. The van der Waals surface area contributed by atoms with Gasteiger partial charge in [-0.3, -0.25) is 11.3 Å². The monoisotopic (exact) mass is 240 g/mol. The van der Waals surface area contributed by atoms with E-state index in [0.29, 0.717) is 0 Å². The van der Waals surface area contributed by atoms with E-state index in [1.54, 1.807) is 0 Å². The molecule has 0 radical (unpaired) electrons. The van der Waals surface area contributed by atoms with Crippen molar-refractivity contribution in [2.75, 3.05) is 0 Å². The quantitative estimate of drug-likeness (QED) is 0.622. The topological polar surface area (TPSA) is 38.0 Å². The number of aryl methyl sites for hydroxylation is 2. The number of hydrogen-bond donors (Lipinski definition) is 2. The Hall–Kier alpha value is -1.64. The molecule has 94 valence electrons. The summed E-state index contributed by atoms with van der Waals surface area (Å²) in [6.45, 7) is 2.13. The fourth-order valence-corrected chi connectivity index (χ4v) is 2.26. The van der Waals surface area contributed by atoms with Crippen molar-refractivity contribution >= 4 is 0 Å². The Morgan fingerprint density at radius 3 is 2.33 bits per heavy atom. The molecule has 0 heterocycles. The van der Waals surface area contributed by atoms with Gasteiger partial charge in [-0.1, -0.05) is 54.6 Å². The van der Waals surface area contributed by atoms with Crippen LogP contribution in [0.15, 0.2) is 54.6 Å². The molecule has 0 aliphatic heterocycles. The van der Waals surface area contributed by atoms with Crippen LogP contribution in [0.3, 0.4) is 0 Å². The predicted octanol–water partition coefficient (Wildman–Crippen LogP) is 3.13. The number of rotatable bonds is 5. The second-order valence-electron chi connectivity index (χ2n) is 4.60. The first-order chi connectivity index (χ1) is 8.81. The van der Waals surface area contributed by atoms with Crippen molar-refractivity contribution in [3.05, 3.63) is 71.3 Å². The van der Waals surface area contributed by atoms with E-state index in [4.69, 9.17) is 5.84 Å². The average molecular weight is 240 g/mol. The summed E-state index contributed by atoms with van der Waals surface area (Å²) in [5, 5.41) is 0. The van der Waals surface area contributed by atoms with Crippen LogP contribution in [0, 0.1) is 6.92 Å². The minimum atomic E-state index is 0.214. The van der Waals surface area contributed by atoms with E-state index in [1.807, 2.05) is 6.07 Å². The van der Waals surface area contributed by atoms with Crippen LogP contribution in [0.4, 0.5) is 0 Å². The average Bonchev–Trinajstić information content (AvgIpc) is 2.42. The highest BCUT2D eigenvalue weighted by Gasteiger charge is 2.11. The Bertz CT molecular complexity index is 479. The lowest BCUT2D eigenvalue weighted by Crippen LogP contribution is -2.28. The Balaban J connectivity index is 2.04. The normalized spacial score (nSPS) is 12.3. The Morgan fingerprint density at radius 1 is 1.00 bits per heavy atom. The number of hydrazine groups is 1. The summed E-state index contributed by atoms with van der Waals surface area (Å²) in [6, 6.07) is 19.1. The molecule has 0 amide bonds. The van der Waals surface area contributed by atoms with E-state index < -0.39 is 0 Å². The molecule has 2 aromatic rings. The molecule has 0 aliphatic rings. The molecule has 0 spiro atoms. The van der Waals surface area contributed by atoms with Crippen LogP contribution in [0.1, 0.15) is 29.2 Å². The van der Waals surface area contributed by atoms with Gasteiger partial charge in [-0.15, -0.1) is 0 Å². The van der Waals surface area contributed by atoms with Gasteiger partial charge in [0, 0.05) is 6.04 Å². The zero-order valence-electron chi connectivity index (χ0n) is 10.8. The summed E-state index contributed by atoms with van der Waals surface area (Å²) in [5.41, 5.74) is 6.86. The minimum Gasteiger partial charge on any atom is -0.271 e. The second kappa shape index (κ2) is 6.34. The van der Waals surface area contributed by atoms with Crippen LogP contribution in [0.5, 0.6) is 0 Å². The van der Waals surface area contributed by atoms with Gasteiger partial charge in [0.05, 0.1) is 0 Å². The van der Waals surface area contributed by atoms with Crippen molar-refractivity contribution in [2.24, 2.45) is 5.84 Å². The Kier molecular flexibility index (Phi) is 4.51. The standard InChI is InChI=1S/C16H20N2/c1-13-7-5-6-10-15(13)16(18-17)12-11-14-8-3-2-4-9-14/h2-10,16,18H,11-12,17H2,1H3. The van der Waals surface area contributed by atoms with Gasteiger partial charge >= 0.3 is 0 Å². The van der Waals surface area contributed by atoms with Crippen molar-refractivity contribution in [3.8, 4) is 0 Å². The summed E-state index contributed by atoms with van der Waals surface area (Å²) in [7, 11) is 0. The van der Waals surface area contributed by atoms with Crippen molar-refractivity contribution < 1.29 is 0 Å². The fraction of sp³-hybridized carbons (Fsp3) is 0.250. The molecule has 2 nitrogen and oxygen atoms in total. The highest BCUT2D eigenvalue weighted by Crippen LogP contribution is 2.21. The lowest BCUT2D eigenvalue weighted by atomic mass is 9.96. The van der Waals surface area contributed by atoms with Crippen LogP contribution < -0.4 is 11.3 Å². The predicted molar refractivity (Wildman–Crippen MR) is 76.0 cm³/mol. The third-order valence-corrected chi connectivity index (χ3v) is 3.33. The molecule has 18 heavy (non-hydrogen) atoms. The van der Waals surface area contributed by atoms with Gasteiger partial charge in [-0.2, -0.15) is 0 Å². The molecule has 0 aliphatic carbocycles. The van der Waals surface area contributed by atoms with Crippen LogP contribution >= 0.6 is 0 Å². The largest absolute Gasteiger partial charge is 0.271 e. The molecule has 0 saturated carbocycles. The third-order valence-electron chi connectivity index (χ3n) is 3.33. The van der Waals surface area contributed by atoms with Gasteiger partial charge in [0.25, 0.3) is 0 Å². The number of hydrogen-bond acceptors (Lipinski definition) is 2. The molecule has 1 atom stereocenters. The highest BCUT2D eigenvalue weighted by atomic mass is 15.2. The van der Waals surface area contributed by atoms with Crippen LogP contribution in [0.2, 0.25) is 0 Å². The van der Waals surface area contributed by atoms with Gasteiger partial charge in [0.2, 0.25) is 0 Å². The first-order valence-corrected chi connectivity index (χ1v) is 6.37. The number of nitrogens with two attached hydrogens (primary N) is 1. The van der Waals surface area contributed by atoms with Crippen LogP contribution in [-0.4, -0.2) is 0 Å². The maximum Gasteiger partial charge on any atom is 0.0465 e. The zero-order valence-corrected chi connectivity index (χ0v) is 10.8. The van der Waals surface area contributed by atoms with E-state index in [9.17, 15) is 0 Å². The molecule has 3 N–H and O–H groups in total. The smallest absolute Gasteiger partial charge is 0.0465 e. The summed E-state index contributed by atoms with van der Waals surface area (Å²) < 4.78 is 0. The summed E-state index contributed by atoms with van der Waals surface area (Å²) >= 11 is 0. The maximum absolute atomic E-state index is 5.69. The Morgan fingerprint density at radius 2 is 1.67 bits per heavy atom. The van der Waals surface area contributed by atoms with Gasteiger partial charge in [-0.25, -0.2) is 0 Å². The zero-order chi connectivity index (χ0) is 12.8. The van der Waals surface area contributed by atoms with E-state index >= 15 is 0 Å². The molecule has 0 saturated heterocycles. The van der Waals surface area contributed by atoms with Crippen LogP contribution in [-0.2, 0) is 6.42 Å². The van der Waals surface area contributed by atoms with E-state index in [1.165, 1.54) is 16.7 Å². The molecule has 2 rings (SSSR count). The van der Waals surface area contributed by atoms with Crippen molar-refractivity contribution in [3.63, 3.8) is 0 Å². The minimum absolute atomic E-state index is 0.214. The molecular weight excluding hydrogens is 220 g/mol. The first kappa shape index (κ1) is 12.8. The van der Waals surface area contributed by atoms with Crippen LogP contribution in [0.25, 0.3) is 0 Å². The summed E-state index contributed by atoms with van der Waals surface area (Å²) in [6.07, 6.45) is 2.04. The van der Waals surface area contributed by atoms with Crippen molar-refractivity contribution in [2.45, 2.75) is 25.8 Å². The lowest BCUT2D eigenvalue weighted by molar-refractivity contribution is 0.514. The molecule has 2 aromatic carbocycles. The van der Waals surface area contributed by atoms with E-state index in [0.717, 1.165) is 12.8 Å². The Labute approximate surface area is 109 Å². The molecule has 1 unspecified atom stereocenters. The molecule has 0 fully saturated rings. The molecule has 0 bridgehead atoms. The summed E-state index contributed by atoms with van der Waals surface area (Å²) in [5.74, 6) is 5.69. The van der Waals surface area contributed by atoms with Gasteiger partial charge in [0.15, 0.2) is 0 Å². The third kappa shape index (κ3) is 3.19. The number of benzene rings is 2. The molecule has 2 heteroatoms. The van der Waals surface area contributed by atoms with Gasteiger partial charge in [0.1, 0.15) is 0 Å². The first-order valence-electron chi connectivity index (χ1n) is 6.37. The maximum atomic E-state index is 5.69. The van der Waals surface area contributed by atoms with Crippen molar-refractivity contribution in [1.29, 1.82) is 0 Å². The van der Waals surface area contributed by atoms with E-state index in [2.05, 4.69) is 60.9 Å². The van der Waals surface area contributed by atoms with Gasteiger partial charge < -0.3 is 0 Å². The lowest BCUT2D eigenvalue weighted by Gasteiger charge is -2.18.